The fourth-order valence-electron chi connectivity index (χ4n) is 1.26. The van der Waals surface area contributed by atoms with E-state index in [0.717, 1.165) is 0 Å². The standard InChI is InChI=1S/C12H13F3N2O2/c1-17(7-6-16)8-9-18-10-2-4-11(5-3-10)19-12(13,14)15/h2-5H,7-9H2,1H3. The van der Waals surface area contributed by atoms with Crippen LogP contribution in [0.15, 0.2) is 24.3 Å². The van der Waals surface area contributed by atoms with Crippen molar-refractivity contribution in [3.8, 4) is 17.6 Å². The van der Waals surface area contributed by atoms with Crippen LogP contribution in [0.4, 0.5) is 13.2 Å². The Morgan fingerprint density at radius 2 is 1.79 bits per heavy atom. The summed E-state index contributed by atoms with van der Waals surface area (Å²) >= 11 is 0. The number of rotatable bonds is 6. The molecule has 0 unspecified atom stereocenters. The lowest BCUT2D eigenvalue weighted by atomic mass is 10.3. The second kappa shape index (κ2) is 6.85. The van der Waals surface area contributed by atoms with Crippen LogP contribution in [-0.4, -0.2) is 38.0 Å². The summed E-state index contributed by atoms with van der Waals surface area (Å²) in [5.74, 6) is 0.154. The van der Waals surface area contributed by atoms with Gasteiger partial charge in [0.2, 0.25) is 0 Å². The van der Waals surface area contributed by atoms with Gasteiger partial charge in [-0.1, -0.05) is 0 Å². The molecule has 4 nitrogen and oxygen atoms in total. The minimum absolute atomic E-state index is 0.290. The number of nitriles is 1. The fraction of sp³-hybridized carbons (Fsp3) is 0.417. The number of hydrogen-bond donors (Lipinski definition) is 0. The van der Waals surface area contributed by atoms with Crippen LogP contribution in [0.25, 0.3) is 0 Å². The number of likely N-dealkylation sites (N-methyl/N-ethyl adjacent to an activating group) is 1. The predicted octanol–water partition coefficient (Wildman–Crippen LogP) is 2.42. The van der Waals surface area contributed by atoms with E-state index >= 15 is 0 Å². The van der Waals surface area contributed by atoms with Gasteiger partial charge in [0.25, 0.3) is 0 Å². The van der Waals surface area contributed by atoms with Gasteiger partial charge >= 0.3 is 6.36 Å². The van der Waals surface area contributed by atoms with E-state index in [1.807, 2.05) is 6.07 Å². The second-order valence-corrected chi connectivity index (χ2v) is 3.76. The number of alkyl halides is 3. The molecule has 0 heterocycles. The average molecular weight is 274 g/mol. The van der Waals surface area contributed by atoms with Gasteiger partial charge in [-0.15, -0.1) is 13.2 Å². The zero-order valence-electron chi connectivity index (χ0n) is 10.3. The highest BCUT2D eigenvalue weighted by atomic mass is 19.4. The van der Waals surface area contributed by atoms with Gasteiger partial charge < -0.3 is 9.47 Å². The fourth-order valence-corrected chi connectivity index (χ4v) is 1.26. The van der Waals surface area contributed by atoms with Gasteiger partial charge in [-0.2, -0.15) is 5.26 Å². The van der Waals surface area contributed by atoms with E-state index in [1.54, 1.807) is 11.9 Å². The van der Waals surface area contributed by atoms with Crippen LogP contribution in [0.2, 0.25) is 0 Å². The molecule has 0 aliphatic heterocycles. The molecule has 0 N–H and O–H groups in total. The number of hydrogen-bond acceptors (Lipinski definition) is 4. The topological polar surface area (TPSA) is 45.5 Å². The normalized spacial score (nSPS) is 11.2. The summed E-state index contributed by atoms with van der Waals surface area (Å²) in [7, 11) is 1.77. The zero-order valence-corrected chi connectivity index (χ0v) is 10.3. The van der Waals surface area contributed by atoms with Crippen molar-refractivity contribution in [3.63, 3.8) is 0 Å². The van der Waals surface area contributed by atoms with Crippen LogP contribution in [0.3, 0.4) is 0 Å². The lowest BCUT2D eigenvalue weighted by molar-refractivity contribution is -0.274. The molecule has 0 fully saturated rings. The molecule has 1 aromatic rings. The van der Waals surface area contributed by atoms with Gasteiger partial charge in [0.1, 0.15) is 18.1 Å². The van der Waals surface area contributed by atoms with E-state index in [2.05, 4.69) is 4.74 Å². The Kier molecular flexibility index (Phi) is 5.45. The maximum Gasteiger partial charge on any atom is 0.573 e. The highest BCUT2D eigenvalue weighted by Gasteiger charge is 2.30. The van der Waals surface area contributed by atoms with Gasteiger partial charge in [0.15, 0.2) is 0 Å². The quantitative estimate of drug-likeness (QED) is 0.747. The summed E-state index contributed by atoms with van der Waals surface area (Å²) in [6.45, 7) is 1.19. The first-order valence-corrected chi connectivity index (χ1v) is 5.45. The highest BCUT2D eigenvalue weighted by molar-refractivity contribution is 5.31. The van der Waals surface area contributed by atoms with E-state index < -0.39 is 6.36 Å². The van der Waals surface area contributed by atoms with Crippen LogP contribution in [0, 0.1) is 11.3 Å². The molecule has 104 valence electrons. The molecule has 7 heteroatoms. The Hall–Kier alpha value is -1.94. The van der Waals surface area contributed by atoms with E-state index in [-0.39, 0.29) is 5.75 Å². The van der Waals surface area contributed by atoms with E-state index in [1.165, 1.54) is 24.3 Å². The third-order valence-electron chi connectivity index (χ3n) is 2.14. The first-order valence-electron chi connectivity index (χ1n) is 5.45. The maximum atomic E-state index is 11.9. The minimum Gasteiger partial charge on any atom is -0.492 e. The first-order chi connectivity index (χ1) is 8.90. The van der Waals surface area contributed by atoms with Crippen molar-refractivity contribution >= 4 is 0 Å². The summed E-state index contributed by atoms with van der Waals surface area (Å²) in [4.78, 5) is 1.77. The molecule has 0 aromatic heterocycles. The van der Waals surface area contributed by atoms with E-state index in [0.29, 0.717) is 25.4 Å². The lowest BCUT2D eigenvalue weighted by Gasteiger charge is -2.13. The number of halogens is 3. The Bertz CT molecular complexity index is 426. The van der Waals surface area contributed by atoms with Gasteiger partial charge in [-0.25, -0.2) is 0 Å². The van der Waals surface area contributed by atoms with Crippen molar-refractivity contribution in [1.29, 1.82) is 5.26 Å². The molecule has 0 radical (unpaired) electrons. The minimum atomic E-state index is -4.69. The molecule has 0 aliphatic carbocycles. The lowest BCUT2D eigenvalue weighted by Crippen LogP contribution is -2.24. The monoisotopic (exact) mass is 274 g/mol. The summed E-state index contributed by atoms with van der Waals surface area (Å²) in [5.41, 5.74) is 0. The molecule has 0 saturated heterocycles. The second-order valence-electron chi connectivity index (χ2n) is 3.76. The van der Waals surface area contributed by atoms with Crippen LogP contribution in [-0.2, 0) is 0 Å². The van der Waals surface area contributed by atoms with Crippen molar-refractivity contribution in [2.24, 2.45) is 0 Å². The van der Waals surface area contributed by atoms with Crippen LogP contribution >= 0.6 is 0 Å². The van der Waals surface area contributed by atoms with Gasteiger partial charge in [-0.05, 0) is 31.3 Å². The zero-order chi connectivity index (χ0) is 14.3. The molecule has 19 heavy (non-hydrogen) atoms. The summed E-state index contributed by atoms with van der Waals surface area (Å²) in [6.07, 6.45) is -4.69. The van der Waals surface area contributed by atoms with Crippen LogP contribution in [0.1, 0.15) is 0 Å². The molecule has 0 atom stereocenters. The summed E-state index contributed by atoms with van der Waals surface area (Å²) in [5, 5.41) is 8.44. The smallest absolute Gasteiger partial charge is 0.492 e. The number of benzene rings is 1. The summed E-state index contributed by atoms with van der Waals surface area (Å²) in [6, 6.07) is 7.15. The average Bonchev–Trinajstić information content (AvgIpc) is 2.30. The van der Waals surface area contributed by atoms with Crippen molar-refractivity contribution in [2.45, 2.75) is 6.36 Å². The van der Waals surface area contributed by atoms with Crippen molar-refractivity contribution in [3.05, 3.63) is 24.3 Å². The van der Waals surface area contributed by atoms with Crippen LogP contribution < -0.4 is 9.47 Å². The van der Waals surface area contributed by atoms with Gasteiger partial charge in [-0.3, -0.25) is 4.90 Å². The van der Waals surface area contributed by atoms with E-state index in [9.17, 15) is 13.2 Å². The molecule has 0 amide bonds. The Morgan fingerprint density at radius 3 is 2.32 bits per heavy atom. The molecule has 0 saturated carbocycles. The molecule has 1 aromatic carbocycles. The van der Waals surface area contributed by atoms with Crippen molar-refractivity contribution in [2.75, 3.05) is 26.7 Å². The van der Waals surface area contributed by atoms with E-state index in [4.69, 9.17) is 10.00 Å². The highest BCUT2D eigenvalue weighted by Crippen LogP contribution is 2.24. The molecule has 0 aliphatic rings. The summed E-state index contributed by atoms with van der Waals surface area (Å²) < 4.78 is 44.8. The number of ether oxygens (including phenoxy) is 2. The van der Waals surface area contributed by atoms with Gasteiger partial charge in [0.05, 0.1) is 12.6 Å². The van der Waals surface area contributed by atoms with Gasteiger partial charge in [0, 0.05) is 6.54 Å². The molecule has 1 rings (SSSR count). The van der Waals surface area contributed by atoms with Crippen molar-refractivity contribution in [1.82, 2.24) is 4.90 Å². The molecule has 0 bridgehead atoms. The SMILES string of the molecule is CN(CC#N)CCOc1ccc(OC(F)(F)F)cc1. The van der Waals surface area contributed by atoms with Crippen LogP contribution in [0.5, 0.6) is 11.5 Å². The molecular weight excluding hydrogens is 261 g/mol. The third kappa shape index (κ3) is 6.52. The largest absolute Gasteiger partial charge is 0.573 e. The Labute approximate surface area is 108 Å². The predicted molar refractivity (Wildman–Crippen MR) is 61.7 cm³/mol. The van der Waals surface area contributed by atoms with Crippen molar-refractivity contribution < 1.29 is 22.6 Å². The molecular formula is C12H13F3N2O2. The Morgan fingerprint density at radius 1 is 1.21 bits per heavy atom. The third-order valence-corrected chi connectivity index (χ3v) is 2.14. The maximum absolute atomic E-state index is 11.9. The Balaban J connectivity index is 2.39. The molecule has 0 spiro atoms. The number of nitrogens with zero attached hydrogens (tertiary/aromatic N) is 2. The first kappa shape index (κ1) is 15.1.